The molecule has 0 amide bonds. The normalized spacial score (nSPS) is 17.6. The third-order valence-corrected chi connectivity index (χ3v) is 5.21. The van der Waals surface area contributed by atoms with Gasteiger partial charge in [0.05, 0.1) is 0 Å². The second kappa shape index (κ2) is 8.60. The zero-order valence-electron chi connectivity index (χ0n) is 15.3. The van der Waals surface area contributed by atoms with Crippen molar-refractivity contribution in [3.8, 4) is 16.9 Å². The molecule has 0 spiro atoms. The van der Waals surface area contributed by atoms with Gasteiger partial charge in [-0.15, -0.1) is 0 Å². The van der Waals surface area contributed by atoms with Gasteiger partial charge in [-0.1, -0.05) is 60.1 Å². The van der Waals surface area contributed by atoms with Gasteiger partial charge in [0.1, 0.15) is 11.9 Å². The molecule has 0 bridgehead atoms. The van der Waals surface area contributed by atoms with Gasteiger partial charge in [0.25, 0.3) is 0 Å². The summed E-state index contributed by atoms with van der Waals surface area (Å²) in [5.41, 5.74) is 3.57. The fourth-order valence-corrected chi connectivity index (χ4v) is 3.71. The molecule has 0 N–H and O–H groups in total. The molecule has 1 radical (unpaired) electrons. The average molecular weight is 377 g/mol. The zero-order chi connectivity index (χ0) is 18.5. The molecule has 1 atom stereocenters. The van der Waals surface area contributed by atoms with Crippen LogP contribution in [-0.4, -0.2) is 24.1 Å². The quantitative estimate of drug-likeness (QED) is 0.553. The van der Waals surface area contributed by atoms with Crippen molar-refractivity contribution in [2.45, 2.75) is 25.5 Å². The second-order valence-corrected chi connectivity index (χ2v) is 7.48. The van der Waals surface area contributed by atoms with Crippen LogP contribution in [0.1, 0.15) is 18.4 Å². The number of rotatable bonds is 5. The van der Waals surface area contributed by atoms with Gasteiger partial charge < -0.3 is 4.74 Å². The highest BCUT2D eigenvalue weighted by Crippen LogP contribution is 2.24. The Kier molecular flexibility index (Phi) is 5.76. The Labute approximate surface area is 166 Å². The predicted molar refractivity (Wildman–Crippen MR) is 111 cm³/mol. The van der Waals surface area contributed by atoms with E-state index in [2.05, 4.69) is 53.4 Å². The predicted octanol–water partition coefficient (Wildman–Crippen LogP) is 5.85. The minimum Gasteiger partial charge on any atom is -0.489 e. The van der Waals surface area contributed by atoms with Crippen molar-refractivity contribution < 1.29 is 4.74 Å². The molecule has 1 aliphatic heterocycles. The first-order chi connectivity index (χ1) is 13.3. The summed E-state index contributed by atoms with van der Waals surface area (Å²) >= 11 is 5.98. The molecule has 0 saturated carbocycles. The molecule has 3 heteroatoms. The van der Waals surface area contributed by atoms with Gasteiger partial charge >= 0.3 is 0 Å². The Morgan fingerprint density at radius 1 is 1.00 bits per heavy atom. The number of benzene rings is 3. The standard InChI is InChI=1S/C24H23ClNO/c25-22-12-8-19(9-13-22)17-26-16-4-7-24(18-26)27-23-14-10-21(11-15-23)20-5-2-1-3-6-20/h1-3,5,8-15,24H,4,7,16-18H2. The molecule has 4 rings (SSSR count). The first-order valence-electron chi connectivity index (χ1n) is 9.47. The first kappa shape index (κ1) is 18.1. The van der Waals surface area contributed by atoms with Crippen LogP contribution in [0.5, 0.6) is 5.75 Å². The molecule has 1 heterocycles. The molecule has 137 valence electrons. The van der Waals surface area contributed by atoms with E-state index in [-0.39, 0.29) is 6.10 Å². The molecule has 27 heavy (non-hydrogen) atoms. The van der Waals surface area contributed by atoms with E-state index >= 15 is 0 Å². The van der Waals surface area contributed by atoms with E-state index < -0.39 is 0 Å². The second-order valence-electron chi connectivity index (χ2n) is 7.04. The van der Waals surface area contributed by atoms with Crippen LogP contribution in [0.15, 0.2) is 72.8 Å². The van der Waals surface area contributed by atoms with Gasteiger partial charge in [0, 0.05) is 18.1 Å². The lowest BCUT2D eigenvalue weighted by atomic mass is 10.1. The van der Waals surface area contributed by atoms with Crippen LogP contribution in [0.2, 0.25) is 5.02 Å². The fraction of sp³-hybridized carbons (Fsp3) is 0.250. The topological polar surface area (TPSA) is 12.5 Å². The average Bonchev–Trinajstić information content (AvgIpc) is 2.71. The van der Waals surface area contributed by atoms with Crippen LogP contribution >= 0.6 is 11.6 Å². The Balaban J connectivity index is 1.35. The Hall–Kier alpha value is -2.29. The van der Waals surface area contributed by atoms with Crippen LogP contribution < -0.4 is 4.74 Å². The Morgan fingerprint density at radius 2 is 1.81 bits per heavy atom. The lowest BCUT2D eigenvalue weighted by Gasteiger charge is -2.33. The lowest BCUT2D eigenvalue weighted by Crippen LogP contribution is -2.40. The molecule has 0 aromatic heterocycles. The number of nitrogens with zero attached hydrogens (tertiary/aromatic N) is 1. The highest BCUT2D eigenvalue weighted by Gasteiger charge is 2.21. The number of likely N-dealkylation sites (tertiary alicyclic amines) is 1. The van der Waals surface area contributed by atoms with Gasteiger partial charge in [-0.2, -0.15) is 0 Å². The maximum absolute atomic E-state index is 6.26. The van der Waals surface area contributed by atoms with E-state index in [4.69, 9.17) is 16.3 Å². The zero-order valence-corrected chi connectivity index (χ0v) is 16.0. The molecule has 1 aliphatic rings. The van der Waals surface area contributed by atoms with Crippen LogP contribution in [0.3, 0.4) is 0 Å². The van der Waals surface area contributed by atoms with E-state index in [1.165, 1.54) is 5.56 Å². The highest BCUT2D eigenvalue weighted by molar-refractivity contribution is 6.30. The van der Waals surface area contributed by atoms with E-state index in [0.29, 0.717) is 0 Å². The highest BCUT2D eigenvalue weighted by atomic mass is 35.5. The van der Waals surface area contributed by atoms with Crippen LogP contribution in [-0.2, 0) is 6.54 Å². The number of hydrogen-bond donors (Lipinski definition) is 0. The summed E-state index contributed by atoms with van der Waals surface area (Å²) in [6.45, 7) is 3.02. The summed E-state index contributed by atoms with van der Waals surface area (Å²) < 4.78 is 6.26. The maximum atomic E-state index is 6.26. The third kappa shape index (κ3) is 4.91. The van der Waals surface area contributed by atoms with Crippen molar-refractivity contribution in [3.05, 3.63) is 89.4 Å². The molecule has 0 aliphatic carbocycles. The smallest absolute Gasteiger partial charge is 0.119 e. The fourth-order valence-electron chi connectivity index (χ4n) is 3.58. The maximum Gasteiger partial charge on any atom is 0.119 e. The van der Waals surface area contributed by atoms with Gasteiger partial charge in [-0.25, -0.2) is 0 Å². The summed E-state index contributed by atoms with van der Waals surface area (Å²) in [6.07, 6.45) is 2.50. The monoisotopic (exact) mass is 376 g/mol. The van der Waals surface area contributed by atoms with Crippen molar-refractivity contribution in [2.24, 2.45) is 0 Å². The molecular formula is C24H23ClNO. The first-order valence-corrected chi connectivity index (χ1v) is 9.85. The van der Waals surface area contributed by atoms with E-state index in [1.54, 1.807) is 0 Å². The van der Waals surface area contributed by atoms with Gasteiger partial charge in [-0.3, -0.25) is 4.90 Å². The molecule has 1 fully saturated rings. The number of piperidine rings is 1. The summed E-state index contributed by atoms with van der Waals surface area (Å²) in [7, 11) is 0. The van der Waals surface area contributed by atoms with Gasteiger partial charge in [-0.05, 0) is 66.4 Å². The molecular weight excluding hydrogens is 354 g/mol. The third-order valence-electron chi connectivity index (χ3n) is 4.96. The molecule has 3 aromatic carbocycles. The molecule has 3 aromatic rings. The SMILES string of the molecule is Clc1ccc(CN2CCCC(Oc3ccc(-c4[c]cccc4)cc3)C2)cc1. The minimum absolute atomic E-state index is 0.236. The minimum atomic E-state index is 0.236. The lowest BCUT2D eigenvalue weighted by molar-refractivity contribution is 0.0843. The largest absolute Gasteiger partial charge is 0.489 e. The summed E-state index contributed by atoms with van der Waals surface area (Å²) in [5, 5.41) is 0.787. The summed E-state index contributed by atoms with van der Waals surface area (Å²) in [5.74, 6) is 0.938. The number of halogens is 1. The molecule has 1 unspecified atom stereocenters. The van der Waals surface area contributed by atoms with Crippen molar-refractivity contribution in [1.29, 1.82) is 0 Å². The van der Waals surface area contributed by atoms with Crippen LogP contribution in [0.25, 0.3) is 11.1 Å². The Bertz CT molecular complexity index is 846. The van der Waals surface area contributed by atoms with Crippen molar-refractivity contribution in [1.82, 2.24) is 4.90 Å². The van der Waals surface area contributed by atoms with Gasteiger partial charge in [0.2, 0.25) is 0 Å². The summed E-state index contributed by atoms with van der Waals surface area (Å²) in [6, 6.07) is 27.8. The van der Waals surface area contributed by atoms with Crippen LogP contribution in [0.4, 0.5) is 0 Å². The van der Waals surface area contributed by atoms with Crippen molar-refractivity contribution >= 4 is 11.6 Å². The van der Waals surface area contributed by atoms with E-state index in [9.17, 15) is 0 Å². The van der Waals surface area contributed by atoms with E-state index in [1.807, 2.05) is 30.3 Å². The number of ether oxygens (including phenoxy) is 1. The van der Waals surface area contributed by atoms with Crippen molar-refractivity contribution in [2.75, 3.05) is 13.1 Å². The summed E-state index contributed by atoms with van der Waals surface area (Å²) in [4.78, 5) is 2.46. The molecule has 2 nitrogen and oxygen atoms in total. The van der Waals surface area contributed by atoms with Crippen molar-refractivity contribution in [3.63, 3.8) is 0 Å². The Morgan fingerprint density at radius 3 is 2.56 bits per heavy atom. The van der Waals surface area contributed by atoms with Crippen LogP contribution in [0, 0.1) is 6.07 Å². The van der Waals surface area contributed by atoms with Gasteiger partial charge in [0.15, 0.2) is 0 Å². The van der Waals surface area contributed by atoms with E-state index in [0.717, 1.165) is 54.4 Å². The molecule has 1 saturated heterocycles. The number of hydrogen-bond acceptors (Lipinski definition) is 2.